The Morgan fingerprint density at radius 1 is 0.897 bits per heavy atom. The molecule has 68 heavy (non-hydrogen) atoms. The van der Waals surface area contributed by atoms with Crippen molar-refractivity contribution in [1.82, 2.24) is 5.32 Å². The third kappa shape index (κ3) is 5.86. The van der Waals surface area contributed by atoms with E-state index in [2.05, 4.69) is 47.5 Å². The number of phenolic OH excluding ortho intramolecular Hbond substituents is 3. The SMILES string of the molecule is COc1cc([C@@H]2CC(=O)C[C@@]3(O)[C@H](CCCO)C[C@]45C[C@@H]6C=C[C@H](CCO)C7=C[C@@H]8CCC[C@@]89C[C@]76[C@H]6C[C@@H]9c7cc(O)c(O)cc7[C@]64[C@H]3[C@H](C#C[C@H]2Cc2ccccc2)CN5)c(CO)cc1O. The van der Waals surface area contributed by atoms with Crippen LogP contribution in [-0.4, -0.2) is 79.5 Å². The van der Waals surface area contributed by atoms with Crippen LogP contribution in [0.25, 0.3) is 0 Å². The van der Waals surface area contributed by atoms with Crippen LogP contribution in [0, 0.1) is 70.0 Å². The van der Waals surface area contributed by atoms with Gasteiger partial charge in [0.25, 0.3) is 0 Å². The van der Waals surface area contributed by atoms with E-state index in [4.69, 9.17) is 4.74 Å². The Kier molecular flexibility index (Phi) is 10.5. The van der Waals surface area contributed by atoms with E-state index in [1.807, 2.05) is 30.3 Å². The Morgan fingerprint density at radius 3 is 2.50 bits per heavy atom. The summed E-state index contributed by atoms with van der Waals surface area (Å²) in [5.41, 5.74) is 2.39. The fourth-order valence-corrected chi connectivity index (χ4v) is 18.4. The molecule has 358 valence electrons. The number of ketones is 1. The number of carbonyl (C=O) groups excluding carboxylic acids is 1. The van der Waals surface area contributed by atoms with Crippen molar-refractivity contribution in [3.05, 3.63) is 106 Å². The van der Waals surface area contributed by atoms with Crippen LogP contribution in [0.4, 0.5) is 0 Å². The number of rotatable bonds is 10. The van der Waals surface area contributed by atoms with Gasteiger partial charge in [0.2, 0.25) is 0 Å². The second-order valence-electron chi connectivity index (χ2n) is 22.8. The second-order valence-corrected chi connectivity index (χ2v) is 22.8. The Morgan fingerprint density at radius 2 is 1.72 bits per heavy atom. The Balaban J connectivity index is 1.13. The lowest BCUT2D eigenvalue weighted by molar-refractivity contribution is -0.264. The molecule has 0 amide bonds. The average Bonchev–Trinajstić information content (AvgIpc) is 3.74. The first-order chi connectivity index (χ1) is 32.9. The molecule has 3 spiro atoms. The van der Waals surface area contributed by atoms with Crippen molar-refractivity contribution >= 4 is 5.78 Å². The zero-order valence-corrected chi connectivity index (χ0v) is 39.2. The molecule has 1 heterocycles. The van der Waals surface area contributed by atoms with Gasteiger partial charge in [0.05, 0.1) is 19.3 Å². The van der Waals surface area contributed by atoms with Gasteiger partial charge in [-0.15, -0.1) is 0 Å². The van der Waals surface area contributed by atoms with E-state index in [0.717, 1.165) is 55.2 Å². The minimum atomic E-state index is -1.58. The van der Waals surface area contributed by atoms with E-state index in [-0.39, 0.29) is 102 Å². The lowest BCUT2D eigenvalue weighted by atomic mass is 9.24. The molecule has 3 aromatic carbocycles. The molecule has 15 atom stereocenters. The molecule has 10 nitrogen and oxygen atoms in total. The number of fused-ring (bicyclic) bond motifs is 3. The first-order valence-electron chi connectivity index (χ1n) is 25.6. The molecule has 0 unspecified atom stereocenters. The summed E-state index contributed by atoms with van der Waals surface area (Å²) in [6.07, 6.45) is 16.1. The summed E-state index contributed by atoms with van der Waals surface area (Å²) in [5.74, 6) is 5.88. The summed E-state index contributed by atoms with van der Waals surface area (Å²) in [6.45, 7) is 0.157. The highest BCUT2D eigenvalue weighted by Gasteiger charge is 2.83. The van der Waals surface area contributed by atoms with Crippen LogP contribution >= 0.6 is 0 Å². The maximum atomic E-state index is 15.6. The quantitative estimate of drug-likeness (QED) is 0.0579. The maximum absolute atomic E-state index is 15.6. The van der Waals surface area contributed by atoms with E-state index in [9.17, 15) is 35.7 Å². The molecule has 6 bridgehead atoms. The number of ether oxygens (including phenoxy) is 1. The summed E-state index contributed by atoms with van der Waals surface area (Å²) in [6, 6.07) is 17.1. The number of carbonyl (C=O) groups is 1. The van der Waals surface area contributed by atoms with Crippen molar-refractivity contribution < 1.29 is 45.3 Å². The largest absolute Gasteiger partial charge is 0.504 e. The highest BCUT2D eigenvalue weighted by molar-refractivity contribution is 5.81. The molecule has 9 aliphatic rings. The first kappa shape index (κ1) is 44.6. The minimum Gasteiger partial charge on any atom is -0.504 e. The van der Waals surface area contributed by atoms with Gasteiger partial charge in [0.15, 0.2) is 23.0 Å². The average molecular weight is 922 g/mol. The standard InChI is InChI=1S/C58H67NO9/c1-68-51-24-43(37(31-62)20-50(51)66)42-22-41(63)29-57(67)40(10-6-17-60)28-55-27-39-14-13-34(15-18-61)45-21-38-9-5-16-54(38)32-56(39,45)52-26-46(54)44-23-48(64)49(65)25-47(44)58(52,55)53(57)36(30-59-55)12-11-35(42)19-33-7-3-2-4-8-33/h2-4,7-8,13-14,20-21,23-25,34-36,38-40,42,46,52-53,59-62,64-67H,5-6,9-10,15-19,22,26-32H2,1H3/t34-,35+,36-,38+,39+,40-,42-,46-,52-,53+,54-,55-,56-,57-,58-/m1/s1. The molecule has 0 aromatic heterocycles. The van der Waals surface area contributed by atoms with Crippen molar-refractivity contribution in [3.63, 3.8) is 0 Å². The molecule has 8 aliphatic carbocycles. The van der Waals surface area contributed by atoms with Crippen molar-refractivity contribution in [2.45, 2.75) is 118 Å². The van der Waals surface area contributed by atoms with Crippen LogP contribution in [-0.2, 0) is 23.2 Å². The molecule has 10 heteroatoms. The lowest BCUT2D eigenvalue weighted by Gasteiger charge is -2.82. The second kappa shape index (κ2) is 15.9. The van der Waals surface area contributed by atoms with E-state index >= 15 is 4.79 Å². The third-order valence-electron chi connectivity index (χ3n) is 20.5. The number of benzene rings is 3. The van der Waals surface area contributed by atoms with Crippen LogP contribution in [0.5, 0.6) is 23.0 Å². The lowest BCUT2D eigenvalue weighted by Crippen LogP contribution is -2.86. The molecule has 1 saturated heterocycles. The highest BCUT2D eigenvalue weighted by Crippen LogP contribution is 2.85. The predicted molar refractivity (Wildman–Crippen MR) is 256 cm³/mol. The fourth-order valence-electron chi connectivity index (χ4n) is 18.4. The number of aliphatic hydroxyl groups excluding tert-OH is 3. The summed E-state index contributed by atoms with van der Waals surface area (Å²) in [5, 5.41) is 85.1. The predicted octanol–water partition coefficient (Wildman–Crippen LogP) is 7.46. The van der Waals surface area contributed by atoms with Crippen LogP contribution in [0.3, 0.4) is 0 Å². The van der Waals surface area contributed by atoms with Crippen molar-refractivity contribution in [3.8, 4) is 34.8 Å². The number of piperidine rings is 1. The van der Waals surface area contributed by atoms with E-state index in [1.54, 1.807) is 6.07 Å². The van der Waals surface area contributed by atoms with Crippen molar-refractivity contribution in [1.29, 1.82) is 0 Å². The van der Waals surface area contributed by atoms with Gasteiger partial charge < -0.3 is 45.8 Å². The number of hydrogen-bond donors (Lipinski definition) is 8. The summed E-state index contributed by atoms with van der Waals surface area (Å²) in [7, 11) is 1.48. The number of hydrogen-bond acceptors (Lipinski definition) is 10. The zero-order chi connectivity index (χ0) is 47.0. The van der Waals surface area contributed by atoms with Crippen LogP contribution in [0.15, 0.2) is 78.4 Å². The first-order valence-corrected chi connectivity index (χ1v) is 25.6. The van der Waals surface area contributed by atoms with Crippen LogP contribution < -0.4 is 10.1 Å². The van der Waals surface area contributed by atoms with Gasteiger partial charge in [0, 0.05) is 78.6 Å². The molecule has 3 aromatic rings. The smallest absolute Gasteiger partial charge is 0.160 e. The maximum Gasteiger partial charge on any atom is 0.160 e. The number of nitrogens with one attached hydrogen (secondary N) is 1. The third-order valence-corrected chi connectivity index (χ3v) is 20.5. The van der Waals surface area contributed by atoms with Gasteiger partial charge in [-0.05, 0) is 151 Å². The van der Waals surface area contributed by atoms with Crippen molar-refractivity contribution in [2.24, 2.45) is 58.2 Å². The molecule has 0 radical (unpaired) electrons. The van der Waals surface area contributed by atoms with E-state index in [1.165, 1.54) is 18.7 Å². The van der Waals surface area contributed by atoms with Gasteiger partial charge in [-0.2, -0.15) is 0 Å². The highest BCUT2D eigenvalue weighted by atomic mass is 16.5. The molecule has 1 aliphatic heterocycles. The van der Waals surface area contributed by atoms with Crippen LogP contribution in [0.1, 0.15) is 117 Å². The minimum absolute atomic E-state index is 0.0188. The van der Waals surface area contributed by atoms with Gasteiger partial charge >= 0.3 is 0 Å². The summed E-state index contributed by atoms with van der Waals surface area (Å²) >= 11 is 0. The summed E-state index contributed by atoms with van der Waals surface area (Å²) < 4.78 is 5.62. The monoisotopic (exact) mass is 921 g/mol. The molecule has 8 N–H and O–H groups in total. The number of aromatic hydroxyl groups is 3. The molecular weight excluding hydrogens is 855 g/mol. The Bertz CT molecular complexity index is 2670. The van der Waals surface area contributed by atoms with Gasteiger partial charge in [-0.3, -0.25) is 4.79 Å². The Labute approximate surface area is 399 Å². The summed E-state index contributed by atoms with van der Waals surface area (Å²) in [4.78, 5) is 15.6. The molecule has 12 rings (SSSR count). The Hall–Kier alpha value is -4.63. The number of phenols is 3. The van der Waals surface area contributed by atoms with Gasteiger partial charge in [-0.25, -0.2) is 0 Å². The number of allylic oxidation sites excluding steroid dienone is 4. The van der Waals surface area contributed by atoms with Gasteiger partial charge in [-0.1, -0.05) is 72.4 Å². The number of methoxy groups -OCH3 is 1. The topological polar surface area (TPSA) is 180 Å². The van der Waals surface area contributed by atoms with Crippen molar-refractivity contribution in [2.75, 3.05) is 26.9 Å². The fraction of sp³-hybridized carbons (Fsp3) is 0.569. The molecular formula is C58H67NO9. The normalized spacial score (nSPS) is 41.0. The van der Waals surface area contributed by atoms with E-state index in [0.29, 0.717) is 55.7 Å². The molecule has 4 saturated carbocycles. The molecule has 5 fully saturated rings. The number of aliphatic hydroxyl groups is 4. The van der Waals surface area contributed by atoms with E-state index < -0.39 is 40.2 Å². The number of Topliss-reactive ketones (excluding diaryl/α,β-unsaturated/α-hetero) is 1. The van der Waals surface area contributed by atoms with Gasteiger partial charge in [0.1, 0.15) is 5.78 Å². The van der Waals surface area contributed by atoms with Crippen LogP contribution in [0.2, 0.25) is 0 Å². The zero-order valence-electron chi connectivity index (χ0n) is 39.2.